The summed E-state index contributed by atoms with van der Waals surface area (Å²) in [7, 11) is 0. The number of hydrogen-bond donors (Lipinski definition) is 2. The van der Waals surface area contributed by atoms with Gasteiger partial charge in [0.05, 0.1) is 6.04 Å². The Hall–Kier alpha value is -2.29. The summed E-state index contributed by atoms with van der Waals surface area (Å²) in [5.41, 5.74) is 10.3. The number of carbonyl (C=O) groups is 1. The van der Waals surface area contributed by atoms with Crippen molar-refractivity contribution in [3.05, 3.63) is 64.7 Å². The maximum absolute atomic E-state index is 12.2. The summed E-state index contributed by atoms with van der Waals surface area (Å²) in [6.07, 6.45) is 0. The van der Waals surface area contributed by atoms with Gasteiger partial charge in [-0.05, 0) is 50.1 Å². The zero-order valence-electron chi connectivity index (χ0n) is 12.1. The fourth-order valence-electron chi connectivity index (χ4n) is 2.12. The number of rotatable bonds is 3. The second kappa shape index (κ2) is 5.78. The van der Waals surface area contributed by atoms with Gasteiger partial charge in [-0.15, -0.1) is 0 Å². The molecule has 0 spiro atoms. The maximum Gasteiger partial charge on any atom is 0.251 e. The molecule has 0 aliphatic heterocycles. The van der Waals surface area contributed by atoms with E-state index in [2.05, 4.69) is 11.4 Å². The smallest absolute Gasteiger partial charge is 0.251 e. The predicted molar refractivity (Wildman–Crippen MR) is 82.7 cm³/mol. The van der Waals surface area contributed by atoms with Gasteiger partial charge in [0.2, 0.25) is 0 Å². The summed E-state index contributed by atoms with van der Waals surface area (Å²) in [4.78, 5) is 12.2. The first-order valence-corrected chi connectivity index (χ1v) is 6.71. The molecule has 1 amide bonds. The summed E-state index contributed by atoms with van der Waals surface area (Å²) in [5.74, 6) is -0.0814. The van der Waals surface area contributed by atoms with Gasteiger partial charge in [-0.25, -0.2) is 0 Å². The lowest BCUT2D eigenvalue weighted by Crippen LogP contribution is -2.26. The van der Waals surface area contributed by atoms with Crippen LogP contribution in [0.1, 0.15) is 40.0 Å². The van der Waals surface area contributed by atoms with Crippen molar-refractivity contribution < 1.29 is 4.79 Å². The number of amides is 1. The van der Waals surface area contributed by atoms with Crippen LogP contribution in [0.5, 0.6) is 0 Å². The summed E-state index contributed by atoms with van der Waals surface area (Å²) >= 11 is 0. The van der Waals surface area contributed by atoms with Crippen molar-refractivity contribution in [3.63, 3.8) is 0 Å². The number of benzene rings is 2. The van der Waals surface area contributed by atoms with Gasteiger partial charge in [-0.2, -0.15) is 0 Å². The van der Waals surface area contributed by atoms with Crippen molar-refractivity contribution in [2.45, 2.75) is 26.8 Å². The third-order valence-corrected chi connectivity index (χ3v) is 3.42. The fourth-order valence-corrected chi connectivity index (χ4v) is 2.12. The molecular weight excluding hydrogens is 248 g/mol. The summed E-state index contributed by atoms with van der Waals surface area (Å²) in [6, 6.07) is 13.4. The molecule has 2 aromatic carbocycles. The van der Waals surface area contributed by atoms with E-state index in [0.29, 0.717) is 11.3 Å². The van der Waals surface area contributed by atoms with E-state index in [1.54, 1.807) is 12.1 Å². The second-order valence-electron chi connectivity index (χ2n) is 5.18. The number of anilines is 1. The quantitative estimate of drug-likeness (QED) is 0.838. The Morgan fingerprint density at radius 2 is 1.90 bits per heavy atom. The third kappa shape index (κ3) is 3.18. The Bertz CT molecular complexity index is 635. The van der Waals surface area contributed by atoms with E-state index >= 15 is 0 Å². The Labute approximate surface area is 119 Å². The van der Waals surface area contributed by atoms with Crippen LogP contribution >= 0.6 is 0 Å². The van der Waals surface area contributed by atoms with Crippen molar-refractivity contribution in [2.75, 3.05) is 5.73 Å². The highest BCUT2D eigenvalue weighted by Gasteiger charge is 2.12. The van der Waals surface area contributed by atoms with Gasteiger partial charge in [-0.1, -0.05) is 29.8 Å². The van der Waals surface area contributed by atoms with Crippen molar-refractivity contribution in [1.82, 2.24) is 5.32 Å². The second-order valence-corrected chi connectivity index (χ2v) is 5.18. The molecule has 104 valence electrons. The Morgan fingerprint density at radius 1 is 1.15 bits per heavy atom. The molecule has 0 aromatic heterocycles. The molecule has 2 aromatic rings. The SMILES string of the molecule is Cc1cccc([C@@H](C)NC(=O)c2ccc(N)c(C)c2)c1. The minimum absolute atomic E-state index is 0.0275. The molecule has 1 atom stereocenters. The van der Waals surface area contributed by atoms with Crippen LogP contribution in [0.25, 0.3) is 0 Å². The number of hydrogen-bond acceptors (Lipinski definition) is 2. The highest BCUT2D eigenvalue weighted by atomic mass is 16.1. The van der Waals surface area contributed by atoms with E-state index in [4.69, 9.17) is 5.73 Å². The lowest BCUT2D eigenvalue weighted by molar-refractivity contribution is 0.0940. The predicted octanol–water partition coefficient (Wildman–Crippen LogP) is 3.38. The Kier molecular flexibility index (Phi) is 4.08. The molecule has 0 fully saturated rings. The number of nitrogens with one attached hydrogen (secondary N) is 1. The molecule has 2 rings (SSSR count). The van der Waals surface area contributed by atoms with Crippen LogP contribution < -0.4 is 11.1 Å². The van der Waals surface area contributed by atoms with E-state index < -0.39 is 0 Å². The first-order valence-electron chi connectivity index (χ1n) is 6.71. The average Bonchev–Trinajstić information content (AvgIpc) is 2.41. The molecule has 20 heavy (non-hydrogen) atoms. The number of nitrogens with two attached hydrogens (primary N) is 1. The molecule has 0 saturated heterocycles. The minimum atomic E-state index is -0.0814. The summed E-state index contributed by atoms with van der Waals surface area (Å²) in [6.45, 7) is 5.92. The molecule has 0 aliphatic carbocycles. The summed E-state index contributed by atoms with van der Waals surface area (Å²) < 4.78 is 0. The van der Waals surface area contributed by atoms with Crippen LogP contribution in [-0.4, -0.2) is 5.91 Å². The number of carbonyl (C=O) groups excluding carboxylic acids is 1. The van der Waals surface area contributed by atoms with Gasteiger partial charge < -0.3 is 11.1 Å². The molecule has 3 nitrogen and oxygen atoms in total. The van der Waals surface area contributed by atoms with Crippen LogP contribution in [0.4, 0.5) is 5.69 Å². The van der Waals surface area contributed by atoms with Gasteiger partial charge in [0.1, 0.15) is 0 Å². The Balaban J connectivity index is 2.13. The molecule has 3 N–H and O–H groups in total. The maximum atomic E-state index is 12.2. The van der Waals surface area contributed by atoms with Crippen molar-refractivity contribution in [1.29, 1.82) is 0 Å². The normalized spacial score (nSPS) is 11.9. The zero-order valence-corrected chi connectivity index (χ0v) is 12.1. The first-order chi connectivity index (χ1) is 9.47. The van der Waals surface area contributed by atoms with Crippen LogP contribution in [0.3, 0.4) is 0 Å². The van der Waals surface area contributed by atoms with Crippen LogP contribution in [0.2, 0.25) is 0 Å². The van der Waals surface area contributed by atoms with Crippen LogP contribution in [0.15, 0.2) is 42.5 Å². The monoisotopic (exact) mass is 268 g/mol. The zero-order chi connectivity index (χ0) is 14.7. The van der Waals surface area contributed by atoms with Crippen LogP contribution in [0, 0.1) is 13.8 Å². The van der Waals surface area contributed by atoms with Gasteiger partial charge >= 0.3 is 0 Å². The van der Waals surface area contributed by atoms with Gasteiger partial charge in [0, 0.05) is 11.3 Å². The van der Waals surface area contributed by atoms with Crippen molar-refractivity contribution in [2.24, 2.45) is 0 Å². The standard InChI is InChI=1S/C17H20N2O/c1-11-5-4-6-14(9-11)13(3)19-17(20)15-7-8-16(18)12(2)10-15/h4-10,13H,18H2,1-3H3,(H,19,20)/t13-/m1/s1. The molecule has 0 unspecified atom stereocenters. The molecular formula is C17H20N2O. The largest absolute Gasteiger partial charge is 0.399 e. The summed E-state index contributed by atoms with van der Waals surface area (Å²) in [5, 5.41) is 3.01. The molecule has 0 bridgehead atoms. The van der Waals surface area contributed by atoms with Crippen LogP contribution in [-0.2, 0) is 0 Å². The molecule has 0 aliphatic rings. The van der Waals surface area contributed by atoms with Gasteiger partial charge in [-0.3, -0.25) is 4.79 Å². The molecule has 0 radical (unpaired) electrons. The first kappa shape index (κ1) is 14.1. The number of nitrogen functional groups attached to an aromatic ring is 1. The highest BCUT2D eigenvalue weighted by Crippen LogP contribution is 2.16. The van der Waals surface area contributed by atoms with E-state index in [1.165, 1.54) is 5.56 Å². The third-order valence-electron chi connectivity index (χ3n) is 3.42. The van der Waals surface area contributed by atoms with Gasteiger partial charge in [0.15, 0.2) is 0 Å². The Morgan fingerprint density at radius 3 is 2.55 bits per heavy atom. The lowest BCUT2D eigenvalue weighted by Gasteiger charge is -2.15. The van der Waals surface area contributed by atoms with E-state index in [0.717, 1.165) is 11.1 Å². The highest BCUT2D eigenvalue weighted by molar-refractivity contribution is 5.95. The minimum Gasteiger partial charge on any atom is -0.399 e. The molecule has 3 heteroatoms. The van der Waals surface area contributed by atoms with E-state index in [9.17, 15) is 4.79 Å². The van der Waals surface area contributed by atoms with E-state index in [-0.39, 0.29) is 11.9 Å². The van der Waals surface area contributed by atoms with E-state index in [1.807, 2.05) is 45.0 Å². The van der Waals surface area contributed by atoms with Crippen molar-refractivity contribution in [3.8, 4) is 0 Å². The molecule has 0 heterocycles. The number of aryl methyl sites for hydroxylation is 2. The molecule has 0 saturated carbocycles. The van der Waals surface area contributed by atoms with Gasteiger partial charge in [0.25, 0.3) is 5.91 Å². The topological polar surface area (TPSA) is 55.1 Å². The average molecular weight is 268 g/mol. The fraction of sp³-hybridized carbons (Fsp3) is 0.235. The van der Waals surface area contributed by atoms with Crippen molar-refractivity contribution >= 4 is 11.6 Å². The lowest BCUT2D eigenvalue weighted by atomic mass is 10.0.